The average Bonchev–Trinajstić information content (AvgIpc) is 3.88. The smallest absolute Gasteiger partial charge is 0.165 e. The van der Waals surface area contributed by atoms with Gasteiger partial charge in [0, 0.05) is 49.3 Å². The lowest BCUT2D eigenvalue weighted by atomic mass is 10.1. The molecule has 0 bridgehead atoms. The number of benzene rings is 8. The number of para-hydroxylation sites is 6. The second-order valence-corrected chi connectivity index (χ2v) is 14.2. The zero-order chi connectivity index (χ0) is 36.0. The minimum Gasteiger partial charge on any atom is -0.309 e. The van der Waals surface area contributed by atoms with E-state index in [1.165, 1.54) is 48.9 Å². The molecule has 0 radical (unpaired) electrons. The molecule has 0 aliphatic carbocycles. The fourth-order valence-corrected chi connectivity index (χ4v) is 8.83. The van der Waals surface area contributed by atoms with Gasteiger partial charge in [0.15, 0.2) is 5.82 Å². The van der Waals surface area contributed by atoms with Gasteiger partial charge in [-0.05, 0) is 66.7 Å². The first kappa shape index (κ1) is 30.0. The van der Waals surface area contributed by atoms with Crippen LogP contribution in [0.1, 0.15) is 0 Å². The van der Waals surface area contributed by atoms with Gasteiger partial charge in [-0.15, -0.1) is 0 Å². The number of nitrogens with zero attached hydrogens (tertiary/aromatic N) is 5. The van der Waals surface area contributed by atoms with Crippen LogP contribution >= 0.6 is 0 Å². The van der Waals surface area contributed by atoms with Crippen molar-refractivity contribution in [3.8, 4) is 28.5 Å². The fraction of sp³-hybridized carbons (Fsp3) is 0. The van der Waals surface area contributed by atoms with Crippen LogP contribution in [-0.2, 0) is 0 Å². The predicted octanol–water partition coefficient (Wildman–Crippen LogP) is 12.6. The zero-order valence-corrected chi connectivity index (χ0v) is 29.6. The van der Waals surface area contributed by atoms with Crippen molar-refractivity contribution in [3.05, 3.63) is 188 Å². The maximum Gasteiger partial charge on any atom is 0.165 e. The molecule has 55 heavy (non-hydrogen) atoms. The van der Waals surface area contributed by atoms with Crippen molar-refractivity contribution < 1.29 is 0 Å². The molecule has 0 atom stereocenters. The maximum absolute atomic E-state index is 5.36. The highest BCUT2D eigenvalue weighted by atomic mass is 15.1. The van der Waals surface area contributed by atoms with Gasteiger partial charge in [0.05, 0.1) is 44.1 Å². The summed E-state index contributed by atoms with van der Waals surface area (Å²) < 4.78 is 7.15. The molecule has 0 aliphatic rings. The standard InChI is InChI=1S/C50H31N5/c1-3-15-32(16-4-1)49-50(52-42-23-11-10-22-41(42)51-49)55-45-26-14-9-21-37(45)40-30-47-39(31-48(40)55)36-20-8-13-25-44(36)54(47)34-27-28-38-35-19-7-12-24-43(35)53(46(38)29-34)33-17-5-2-6-18-33/h1-31H. The van der Waals surface area contributed by atoms with Crippen LogP contribution in [-0.4, -0.2) is 23.7 Å². The van der Waals surface area contributed by atoms with Crippen molar-refractivity contribution >= 4 is 76.5 Å². The lowest BCUT2D eigenvalue weighted by Crippen LogP contribution is -2.03. The summed E-state index contributed by atoms with van der Waals surface area (Å²) in [6.07, 6.45) is 0. The summed E-state index contributed by atoms with van der Waals surface area (Å²) >= 11 is 0. The van der Waals surface area contributed by atoms with Gasteiger partial charge in [0.2, 0.25) is 0 Å². The Bertz CT molecular complexity index is 3480. The molecule has 0 N–H and O–H groups in total. The molecule has 5 nitrogen and oxygen atoms in total. The molecule has 4 aromatic heterocycles. The van der Waals surface area contributed by atoms with Crippen molar-refractivity contribution in [3.63, 3.8) is 0 Å². The molecule has 12 aromatic rings. The van der Waals surface area contributed by atoms with Gasteiger partial charge in [0.1, 0.15) is 5.69 Å². The summed E-state index contributed by atoms with van der Waals surface area (Å²) in [4.78, 5) is 10.6. The normalized spacial score (nSPS) is 12.0. The molecule has 0 fully saturated rings. The Hall–Kier alpha value is -7.50. The minimum absolute atomic E-state index is 0.818. The van der Waals surface area contributed by atoms with E-state index < -0.39 is 0 Å². The maximum atomic E-state index is 5.36. The van der Waals surface area contributed by atoms with Crippen molar-refractivity contribution in [2.75, 3.05) is 0 Å². The Morgan fingerprint density at radius 1 is 0.291 bits per heavy atom. The van der Waals surface area contributed by atoms with Crippen molar-refractivity contribution in [1.29, 1.82) is 0 Å². The highest BCUT2D eigenvalue weighted by Gasteiger charge is 2.22. The first-order valence-electron chi connectivity index (χ1n) is 18.7. The molecule has 0 amide bonds. The van der Waals surface area contributed by atoms with Crippen molar-refractivity contribution in [2.45, 2.75) is 0 Å². The molecular weight excluding hydrogens is 671 g/mol. The zero-order valence-electron chi connectivity index (χ0n) is 29.6. The van der Waals surface area contributed by atoms with Crippen LogP contribution in [0.4, 0.5) is 0 Å². The van der Waals surface area contributed by atoms with Gasteiger partial charge < -0.3 is 9.13 Å². The van der Waals surface area contributed by atoms with E-state index in [0.29, 0.717) is 0 Å². The minimum atomic E-state index is 0.818. The van der Waals surface area contributed by atoms with E-state index in [2.05, 4.69) is 171 Å². The Morgan fingerprint density at radius 3 is 1.40 bits per heavy atom. The molecule has 0 saturated carbocycles. The quantitative estimate of drug-likeness (QED) is 0.183. The molecule has 256 valence electrons. The summed E-state index contributed by atoms with van der Waals surface area (Å²) in [6.45, 7) is 0. The number of fused-ring (bicyclic) bond motifs is 10. The second kappa shape index (κ2) is 11.5. The highest BCUT2D eigenvalue weighted by Crippen LogP contribution is 2.42. The number of aromatic nitrogens is 5. The average molecular weight is 702 g/mol. The van der Waals surface area contributed by atoms with Crippen LogP contribution < -0.4 is 0 Å². The summed E-state index contributed by atoms with van der Waals surface area (Å²) in [5, 5.41) is 7.21. The number of hydrogen-bond donors (Lipinski definition) is 0. The van der Waals surface area contributed by atoms with Gasteiger partial charge in [-0.2, -0.15) is 0 Å². The number of rotatable bonds is 4. The third-order valence-corrected chi connectivity index (χ3v) is 11.2. The van der Waals surface area contributed by atoms with Crippen LogP contribution in [0.2, 0.25) is 0 Å². The van der Waals surface area contributed by atoms with E-state index >= 15 is 0 Å². The van der Waals surface area contributed by atoms with Gasteiger partial charge >= 0.3 is 0 Å². The van der Waals surface area contributed by atoms with Crippen LogP contribution in [0.15, 0.2) is 188 Å². The van der Waals surface area contributed by atoms with E-state index in [1.807, 2.05) is 30.3 Å². The Balaban J connectivity index is 1.18. The van der Waals surface area contributed by atoms with Crippen molar-refractivity contribution in [1.82, 2.24) is 23.7 Å². The summed E-state index contributed by atoms with van der Waals surface area (Å²) in [5.41, 5.74) is 12.8. The first-order chi connectivity index (χ1) is 27.3. The van der Waals surface area contributed by atoms with E-state index in [-0.39, 0.29) is 0 Å². The lowest BCUT2D eigenvalue weighted by Gasteiger charge is -2.14. The molecule has 12 rings (SSSR count). The van der Waals surface area contributed by atoms with Gasteiger partial charge in [-0.25, -0.2) is 9.97 Å². The third-order valence-electron chi connectivity index (χ3n) is 11.2. The van der Waals surface area contributed by atoms with E-state index in [1.54, 1.807) is 0 Å². The molecule has 0 aliphatic heterocycles. The molecule has 8 aromatic carbocycles. The Kier molecular flexibility index (Phi) is 6.27. The van der Waals surface area contributed by atoms with Crippen LogP contribution in [0, 0.1) is 0 Å². The van der Waals surface area contributed by atoms with Gasteiger partial charge in [-0.1, -0.05) is 121 Å². The topological polar surface area (TPSA) is 40.6 Å². The summed E-state index contributed by atoms with van der Waals surface area (Å²) in [6, 6.07) is 67.1. The monoisotopic (exact) mass is 701 g/mol. The SMILES string of the molecule is c1ccc(-c2nc3ccccc3nc2-n2c3ccccc3c3cc4c(cc32)c2ccccc2n4-c2ccc3c4ccccc4n(-c4ccccc4)c3c2)cc1. The van der Waals surface area contributed by atoms with E-state index in [0.717, 1.165) is 56.0 Å². The summed E-state index contributed by atoms with van der Waals surface area (Å²) in [5.74, 6) is 0.818. The molecule has 0 saturated heterocycles. The fourth-order valence-electron chi connectivity index (χ4n) is 8.83. The molecule has 0 spiro atoms. The molecule has 0 unspecified atom stereocenters. The third kappa shape index (κ3) is 4.35. The largest absolute Gasteiger partial charge is 0.309 e. The van der Waals surface area contributed by atoms with Gasteiger partial charge in [-0.3, -0.25) is 4.57 Å². The van der Waals surface area contributed by atoms with Crippen LogP contribution in [0.25, 0.3) is 105 Å². The molecule has 4 heterocycles. The Morgan fingerprint density at radius 2 is 0.745 bits per heavy atom. The van der Waals surface area contributed by atoms with Crippen molar-refractivity contribution in [2.24, 2.45) is 0 Å². The van der Waals surface area contributed by atoms with Crippen LogP contribution in [0.3, 0.4) is 0 Å². The van der Waals surface area contributed by atoms with Crippen LogP contribution in [0.5, 0.6) is 0 Å². The highest BCUT2D eigenvalue weighted by molar-refractivity contribution is 6.19. The first-order valence-corrected chi connectivity index (χ1v) is 18.7. The lowest BCUT2D eigenvalue weighted by molar-refractivity contribution is 1.08. The number of hydrogen-bond acceptors (Lipinski definition) is 2. The molecular formula is C50H31N5. The summed E-state index contributed by atoms with van der Waals surface area (Å²) in [7, 11) is 0. The van der Waals surface area contributed by atoms with E-state index in [9.17, 15) is 0 Å². The van der Waals surface area contributed by atoms with Gasteiger partial charge in [0.25, 0.3) is 0 Å². The Labute approximate surface area is 315 Å². The second-order valence-electron chi connectivity index (χ2n) is 14.2. The predicted molar refractivity (Wildman–Crippen MR) is 228 cm³/mol. The van der Waals surface area contributed by atoms with E-state index in [4.69, 9.17) is 9.97 Å². The molecule has 5 heteroatoms.